The molecule has 0 saturated heterocycles. The van der Waals surface area contributed by atoms with Crippen molar-refractivity contribution >= 4 is 174 Å². The molecule has 3 aromatic heterocycles. The number of hydrogen-bond donors (Lipinski definition) is 0. The van der Waals surface area contributed by atoms with E-state index in [4.69, 9.17) is 37.9 Å². The third-order valence-corrected chi connectivity index (χ3v) is 24.9. The second-order valence-corrected chi connectivity index (χ2v) is 32.2. The zero-order valence-electron chi connectivity index (χ0n) is 92.2. The van der Waals surface area contributed by atoms with Gasteiger partial charge in [-0.05, 0) is 283 Å². The average Bonchev–Trinajstić information content (AvgIpc) is 1.12. The van der Waals surface area contributed by atoms with Gasteiger partial charge < -0.3 is 13.3 Å². The van der Waals surface area contributed by atoms with Crippen LogP contribution in [0.3, 0.4) is 0 Å². The van der Waals surface area contributed by atoms with E-state index in [1.807, 2.05) is 140 Å². The van der Waals surface area contributed by atoms with Crippen LogP contribution in [-0.4, -0.2) is 0 Å². The predicted octanol–water partition coefficient (Wildman–Crippen LogP) is 35.9. The molecule has 0 amide bonds. The van der Waals surface area contributed by atoms with E-state index in [-0.39, 0.29) is 137 Å². The van der Waals surface area contributed by atoms with E-state index in [0.717, 1.165) is 114 Å². The Hall–Kier alpha value is -16.7. The molecule has 0 bridgehead atoms. The number of benzene rings is 24. The van der Waals surface area contributed by atoms with Crippen LogP contribution in [0.1, 0.15) is 38.5 Å². The summed E-state index contributed by atoms with van der Waals surface area (Å²) in [6, 6.07) is 90.6. The maximum absolute atomic E-state index is 9.34. The van der Waals surface area contributed by atoms with Gasteiger partial charge >= 0.3 is 0 Å². The minimum atomic E-state index is -0.427. The van der Waals surface area contributed by atoms with Crippen LogP contribution in [0.5, 0.6) is 0 Å². The van der Waals surface area contributed by atoms with Crippen molar-refractivity contribution in [2.75, 3.05) is 0 Å². The van der Waals surface area contributed by atoms with Crippen LogP contribution >= 0.6 is 0 Å². The Morgan fingerprint density at radius 1 is 0.156 bits per heavy atom. The van der Waals surface area contributed by atoms with Crippen molar-refractivity contribution in [1.29, 1.82) is 0 Å². The van der Waals surface area contributed by atoms with E-state index in [1.54, 1.807) is 91.0 Å². The largest absolute Gasteiger partial charge is 0.456 e. The lowest BCUT2D eigenvalue weighted by Gasteiger charge is -2.19. The van der Waals surface area contributed by atoms with Gasteiger partial charge in [0.2, 0.25) is 0 Å². The Kier molecular flexibility index (Phi) is 12.7. The van der Waals surface area contributed by atoms with E-state index >= 15 is 0 Å². The third-order valence-electron chi connectivity index (χ3n) is 24.9. The fourth-order valence-corrected chi connectivity index (χ4v) is 19.1. The first-order chi connectivity index (χ1) is 73.3. The van der Waals surface area contributed by atoms with Crippen LogP contribution < -0.4 is 0 Å². The van der Waals surface area contributed by atoms with Crippen LogP contribution in [0.15, 0.2) is 468 Å². The summed E-state index contributed by atoms with van der Waals surface area (Å²) in [5.74, 6) is 0. The summed E-state index contributed by atoms with van der Waals surface area (Å²) in [4.78, 5) is 0. The minimum Gasteiger partial charge on any atom is -0.456 e. The first-order valence-electron chi connectivity index (χ1n) is 54.1. The fourth-order valence-electron chi connectivity index (χ4n) is 19.1. The number of fused-ring (bicyclic) bond motifs is 19. The van der Waals surface area contributed by atoms with Crippen LogP contribution in [0.2, 0.25) is 0 Å². The van der Waals surface area contributed by atoms with Crippen molar-refractivity contribution in [3.05, 3.63) is 460 Å². The summed E-state index contributed by atoms with van der Waals surface area (Å²) in [7, 11) is 0. The van der Waals surface area contributed by atoms with Gasteiger partial charge in [0.1, 0.15) is 33.5 Å². The molecule has 3 heterocycles. The molecule has 3 heteroatoms. The lowest BCUT2D eigenvalue weighted by Crippen LogP contribution is -1.92. The molecule has 128 heavy (non-hydrogen) atoms. The molecule has 0 atom stereocenters. The van der Waals surface area contributed by atoms with Crippen molar-refractivity contribution in [2.45, 2.75) is 6.92 Å². The Balaban J connectivity index is 0.000000118. The zero-order chi connectivity index (χ0) is 105. The highest BCUT2D eigenvalue weighted by atomic mass is 16.3. The lowest BCUT2D eigenvalue weighted by atomic mass is 9.84. The molecule has 24 aromatic carbocycles. The van der Waals surface area contributed by atoms with E-state index in [2.05, 4.69) is 84.9 Å². The summed E-state index contributed by atoms with van der Waals surface area (Å²) >= 11 is 0. The standard InChI is InChI=1S/C46H28O.C42H26O.C37H24O/c1-2-12-29(13-3-1)45-36-18-8-10-20-38(36)46(39-21-11-9-19-37(39)45)40-24-23-33(34-16-6-7-17-35(34)40)32-22-25-43-41(27-32)42-26-30-14-4-5-15-31(30)28-44(42)47-43;1-3-11-27(12-4-1)29-19-20-30-26-40-38(25-32(30)23-29)37-24-31(21-22-39(37)43-40)42-35-17-9-7-15-33(35)41(28-13-5-2-6-14-28)34-16-8-10-18-36(34)42;1-23-15-16-25-22-35-33(21-27(25)19-23)32-20-26(17-18-34(32)38-35)37-30-13-7-5-11-28(30)36(24-9-3-2-4-10-24)29-12-6-8-14-31(29)37/h1-28H;1-26H;2-22H,1H3/i8D,9D,10D,11D,18D,19D,20D,21D;7D,8D,9D,10D,15D,16D,17D,18D;5D,6D,7D,8D,11D,12D,13D,14D. The van der Waals surface area contributed by atoms with E-state index in [9.17, 15) is 8.22 Å². The number of aryl methyl sites for hydroxylation is 1. The van der Waals surface area contributed by atoms with Crippen molar-refractivity contribution in [1.82, 2.24) is 0 Å². The molecule has 0 fully saturated rings. The van der Waals surface area contributed by atoms with E-state index in [0.29, 0.717) is 89.1 Å². The molecule has 0 saturated carbocycles. The Morgan fingerprint density at radius 2 is 0.430 bits per heavy atom. The second kappa shape index (κ2) is 30.4. The highest BCUT2D eigenvalue weighted by Crippen LogP contribution is 2.51. The van der Waals surface area contributed by atoms with Crippen molar-refractivity contribution < 1.29 is 46.1 Å². The van der Waals surface area contributed by atoms with Crippen molar-refractivity contribution in [3.8, 4) is 89.0 Å². The predicted molar refractivity (Wildman–Crippen MR) is 544 cm³/mol. The van der Waals surface area contributed by atoms with Gasteiger partial charge in [-0.2, -0.15) is 0 Å². The van der Waals surface area contributed by atoms with Gasteiger partial charge in [-0.15, -0.1) is 0 Å². The molecule has 0 aliphatic carbocycles. The van der Waals surface area contributed by atoms with Gasteiger partial charge in [0.25, 0.3) is 0 Å². The fraction of sp³-hybridized carbons (Fsp3) is 0.00800. The maximum atomic E-state index is 9.34. The topological polar surface area (TPSA) is 39.4 Å². The summed E-state index contributed by atoms with van der Waals surface area (Å²) in [6.07, 6.45) is 0. The van der Waals surface area contributed by atoms with Crippen LogP contribution in [-0.2, 0) is 0 Å². The molecular weight excluding hydrogens is 1550 g/mol. The van der Waals surface area contributed by atoms with Gasteiger partial charge in [-0.1, -0.05) is 381 Å². The van der Waals surface area contributed by atoms with Gasteiger partial charge in [0.15, 0.2) is 0 Å². The minimum absolute atomic E-state index is 0.183. The first kappa shape index (κ1) is 53.3. The highest BCUT2D eigenvalue weighted by Gasteiger charge is 2.24. The molecule has 0 aliphatic rings. The molecule has 596 valence electrons. The molecule has 0 radical (unpaired) electrons. The molecule has 27 aromatic rings. The lowest BCUT2D eigenvalue weighted by molar-refractivity contribution is 0.669. The summed E-state index contributed by atoms with van der Waals surface area (Å²) < 4.78 is 233. The Morgan fingerprint density at radius 3 is 0.828 bits per heavy atom. The smallest absolute Gasteiger partial charge is 0.136 e. The molecule has 0 spiro atoms. The highest BCUT2D eigenvalue weighted by molar-refractivity contribution is 6.27. The normalized spacial score (nSPS) is 14.4. The quantitative estimate of drug-likeness (QED) is 0.142. The molecule has 0 unspecified atom stereocenters. The van der Waals surface area contributed by atoms with Gasteiger partial charge in [-0.25, -0.2) is 0 Å². The molecule has 0 aliphatic heterocycles. The van der Waals surface area contributed by atoms with Gasteiger partial charge in [-0.3, -0.25) is 0 Å². The second-order valence-electron chi connectivity index (χ2n) is 32.2. The number of rotatable bonds is 8. The van der Waals surface area contributed by atoms with Crippen LogP contribution in [0, 0.1) is 6.92 Å². The Labute approximate surface area is 771 Å². The van der Waals surface area contributed by atoms with Crippen LogP contribution in [0.4, 0.5) is 0 Å². The monoisotopic (exact) mass is 1650 g/mol. The molecule has 27 rings (SSSR count). The van der Waals surface area contributed by atoms with Crippen molar-refractivity contribution in [2.24, 2.45) is 0 Å². The van der Waals surface area contributed by atoms with Crippen LogP contribution in [0.25, 0.3) is 263 Å². The summed E-state index contributed by atoms with van der Waals surface area (Å²) in [6.45, 7) is 2.04. The summed E-state index contributed by atoms with van der Waals surface area (Å²) in [5, 5.41) is 15.5. The van der Waals surface area contributed by atoms with Gasteiger partial charge in [0.05, 0.1) is 32.9 Å². The average molecular weight is 1650 g/mol. The molecule has 3 nitrogen and oxygen atoms in total. The molecule has 0 N–H and O–H groups in total. The number of furan rings is 3. The zero-order valence-corrected chi connectivity index (χ0v) is 68.2. The van der Waals surface area contributed by atoms with E-state index < -0.39 is 72.5 Å². The summed E-state index contributed by atoms with van der Waals surface area (Å²) in [5.41, 5.74) is 14.7. The first-order valence-corrected chi connectivity index (χ1v) is 42.1. The van der Waals surface area contributed by atoms with E-state index in [1.165, 1.54) is 0 Å². The number of hydrogen-bond acceptors (Lipinski definition) is 3. The van der Waals surface area contributed by atoms with Crippen molar-refractivity contribution in [3.63, 3.8) is 0 Å². The third kappa shape index (κ3) is 12.4. The Bertz CT molecular complexity index is 10500. The molecular formula is C125H78O3. The SMILES string of the molecule is [2H]c1c([2H])c([2H])c2c(-c3ccc(-c4ccc5oc6cc7ccccc7cc6c5c4)c4ccccc34)c3c([2H])c([2H])c([2H])c([2H])c3c(-c3ccccc3)c2c1[2H].[2H]c1c([2H])c([2H])c2c(-c3ccc4oc5cc6ccc(-c7ccccc7)cc6cc5c4c3)c3c([2H])c([2H])c([2H])c([2H])c3c(-c3ccccc3)c2c1[2H].[2H]c1c([2H])c([2H])c2c(-c3ccc4oc5cc6ccc(C)cc6cc5c4c3)c3c([2H])c([2H])c([2H])c([2H])c3c(-c3ccccc3)c2c1[2H]. The maximum Gasteiger partial charge on any atom is 0.136 e. The van der Waals surface area contributed by atoms with Gasteiger partial charge in [0, 0.05) is 32.3 Å².